The van der Waals surface area contributed by atoms with Crippen LogP contribution in [0.15, 0.2) is 24.3 Å². The Labute approximate surface area is 153 Å². The van der Waals surface area contributed by atoms with Gasteiger partial charge in [-0.2, -0.15) is 0 Å². The van der Waals surface area contributed by atoms with Crippen LogP contribution in [0.2, 0.25) is 0 Å². The minimum absolute atomic E-state index is 0.168. The van der Waals surface area contributed by atoms with Crippen LogP contribution in [0.4, 0.5) is 0 Å². The smallest absolute Gasteiger partial charge is 0.331 e. The molecule has 1 aromatic rings. The van der Waals surface area contributed by atoms with Crippen molar-refractivity contribution in [3.63, 3.8) is 0 Å². The van der Waals surface area contributed by atoms with E-state index in [1.807, 2.05) is 6.07 Å². The van der Waals surface area contributed by atoms with E-state index in [0.29, 0.717) is 17.4 Å². The number of ether oxygens (including phenoxy) is 3. The van der Waals surface area contributed by atoms with E-state index in [1.54, 1.807) is 25.1 Å². The number of rotatable bonds is 5. The number of hydrogen-bond donors (Lipinski definition) is 1. The van der Waals surface area contributed by atoms with E-state index < -0.39 is 12.1 Å². The third-order valence-corrected chi connectivity index (χ3v) is 4.91. The van der Waals surface area contributed by atoms with E-state index in [4.69, 9.17) is 14.2 Å². The molecule has 1 aromatic carbocycles. The van der Waals surface area contributed by atoms with Gasteiger partial charge in [-0.1, -0.05) is 25.8 Å². The van der Waals surface area contributed by atoms with Gasteiger partial charge in [-0.15, -0.1) is 0 Å². The lowest BCUT2D eigenvalue weighted by atomic mass is 9.86. The van der Waals surface area contributed by atoms with Crippen molar-refractivity contribution in [2.45, 2.75) is 51.7 Å². The van der Waals surface area contributed by atoms with Crippen molar-refractivity contribution in [3.8, 4) is 11.5 Å². The van der Waals surface area contributed by atoms with Gasteiger partial charge in [0.15, 0.2) is 17.6 Å². The van der Waals surface area contributed by atoms with Gasteiger partial charge in [-0.05, 0) is 49.5 Å². The number of amides is 1. The van der Waals surface area contributed by atoms with E-state index in [9.17, 15) is 9.59 Å². The monoisotopic (exact) mass is 359 g/mol. The summed E-state index contributed by atoms with van der Waals surface area (Å²) < 4.78 is 15.8. The molecule has 1 aliphatic heterocycles. The Balaban J connectivity index is 1.49. The second-order valence-electron chi connectivity index (χ2n) is 6.90. The number of carbonyl (C=O) groups excluding carboxylic acids is 2. The molecule has 1 N–H and O–H groups in total. The lowest BCUT2D eigenvalue weighted by Gasteiger charge is -2.30. The molecule has 6 heteroatoms. The molecule has 3 atom stereocenters. The molecule has 1 aliphatic carbocycles. The quantitative estimate of drug-likeness (QED) is 0.646. The Morgan fingerprint density at radius 1 is 1.23 bits per heavy atom. The van der Waals surface area contributed by atoms with Gasteiger partial charge in [0.05, 0.1) is 0 Å². The Morgan fingerprint density at radius 3 is 2.81 bits per heavy atom. The van der Waals surface area contributed by atoms with Crippen molar-refractivity contribution in [2.75, 3.05) is 6.79 Å². The van der Waals surface area contributed by atoms with E-state index in [-0.39, 0.29) is 18.7 Å². The van der Waals surface area contributed by atoms with Crippen LogP contribution in [0, 0.1) is 5.92 Å². The lowest BCUT2D eigenvalue weighted by molar-refractivity contribution is -0.150. The minimum atomic E-state index is -0.821. The molecular weight excluding hydrogens is 334 g/mol. The summed E-state index contributed by atoms with van der Waals surface area (Å²) in [5, 5.41) is 3.01. The molecule has 2 aliphatic rings. The van der Waals surface area contributed by atoms with Crippen LogP contribution >= 0.6 is 0 Å². The molecule has 0 unspecified atom stereocenters. The number of esters is 1. The lowest BCUT2D eigenvalue weighted by Crippen LogP contribution is -2.45. The predicted octanol–water partition coefficient (Wildman–Crippen LogP) is 3.06. The van der Waals surface area contributed by atoms with E-state index in [1.165, 1.54) is 12.5 Å². The second kappa shape index (κ2) is 8.25. The summed E-state index contributed by atoms with van der Waals surface area (Å²) in [4.78, 5) is 24.2. The Hall–Kier alpha value is -2.50. The summed E-state index contributed by atoms with van der Waals surface area (Å²) in [5.74, 6) is 0.999. The zero-order valence-corrected chi connectivity index (χ0v) is 15.2. The summed E-state index contributed by atoms with van der Waals surface area (Å²) in [6, 6.07) is 5.56. The largest absolute Gasteiger partial charge is 0.454 e. The zero-order chi connectivity index (χ0) is 18.5. The highest BCUT2D eigenvalue weighted by molar-refractivity contribution is 5.90. The van der Waals surface area contributed by atoms with Crippen LogP contribution in [0.3, 0.4) is 0 Å². The third-order valence-electron chi connectivity index (χ3n) is 4.91. The fourth-order valence-corrected chi connectivity index (χ4v) is 3.28. The van der Waals surface area contributed by atoms with Crippen LogP contribution in [-0.2, 0) is 14.3 Å². The average molecular weight is 359 g/mol. The first-order chi connectivity index (χ1) is 12.5. The summed E-state index contributed by atoms with van der Waals surface area (Å²) in [6.07, 6.45) is 6.56. The second-order valence-corrected chi connectivity index (χ2v) is 6.90. The van der Waals surface area contributed by atoms with Crippen molar-refractivity contribution < 1.29 is 23.8 Å². The van der Waals surface area contributed by atoms with Crippen LogP contribution in [0.25, 0.3) is 6.08 Å². The molecule has 26 heavy (non-hydrogen) atoms. The van der Waals surface area contributed by atoms with Gasteiger partial charge in [0.1, 0.15) is 0 Å². The predicted molar refractivity (Wildman–Crippen MR) is 96.7 cm³/mol. The molecule has 140 valence electrons. The van der Waals surface area contributed by atoms with E-state index >= 15 is 0 Å². The maximum atomic E-state index is 12.3. The number of fused-ring (bicyclic) bond motifs is 1. The summed E-state index contributed by atoms with van der Waals surface area (Å²) in [7, 11) is 0. The van der Waals surface area contributed by atoms with Gasteiger partial charge in [-0.25, -0.2) is 4.79 Å². The first-order valence-corrected chi connectivity index (χ1v) is 9.11. The van der Waals surface area contributed by atoms with Crippen LogP contribution in [0.5, 0.6) is 11.5 Å². The molecule has 0 saturated heterocycles. The third kappa shape index (κ3) is 4.56. The van der Waals surface area contributed by atoms with Gasteiger partial charge in [0.2, 0.25) is 6.79 Å². The first kappa shape index (κ1) is 18.3. The highest BCUT2D eigenvalue weighted by atomic mass is 16.7. The molecule has 0 aromatic heterocycles. The fourth-order valence-electron chi connectivity index (χ4n) is 3.28. The molecule has 1 amide bonds. The Kier molecular flexibility index (Phi) is 5.81. The number of carbonyl (C=O) groups is 2. The van der Waals surface area contributed by atoms with Crippen LogP contribution in [-0.4, -0.2) is 30.8 Å². The molecule has 3 rings (SSSR count). The number of hydrogen-bond acceptors (Lipinski definition) is 5. The molecule has 6 nitrogen and oxygen atoms in total. The number of nitrogens with one attached hydrogen (secondary N) is 1. The highest BCUT2D eigenvalue weighted by Crippen LogP contribution is 2.32. The van der Waals surface area contributed by atoms with Crippen LogP contribution < -0.4 is 14.8 Å². The molecule has 1 fully saturated rings. The van der Waals surface area contributed by atoms with Gasteiger partial charge in [0.25, 0.3) is 5.91 Å². The molecular formula is C20H25NO5. The van der Waals surface area contributed by atoms with Gasteiger partial charge >= 0.3 is 5.97 Å². The maximum Gasteiger partial charge on any atom is 0.331 e. The zero-order valence-electron chi connectivity index (χ0n) is 15.2. The maximum absolute atomic E-state index is 12.3. The highest BCUT2D eigenvalue weighted by Gasteiger charge is 2.26. The molecule has 1 heterocycles. The normalized spacial score (nSPS) is 22.8. The van der Waals surface area contributed by atoms with E-state index in [0.717, 1.165) is 24.8 Å². The van der Waals surface area contributed by atoms with Crippen molar-refractivity contribution in [1.82, 2.24) is 5.32 Å². The standard InChI is InChI=1S/C20H25NO5/c1-13-5-3-4-6-16(13)21-20(23)14(2)26-19(22)10-8-15-7-9-17-18(11-15)25-12-24-17/h7-11,13-14,16H,3-6,12H2,1-2H3,(H,21,23)/b10-8+/t13-,14+,16+/m0/s1. The molecule has 0 radical (unpaired) electrons. The van der Waals surface area contributed by atoms with Crippen molar-refractivity contribution in [2.24, 2.45) is 5.92 Å². The molecule has 0 bridgehead atoms. The number of benzene rings is 1. The van der Waals surface area contributed by atoms with Crippen LogP contribution in [0.1, 0.15) is 45.1 Å². The molecule has 1 saturated carbocycles. The fraction of sp³-hybridized carbons (Fsp3) is 0.500. The SMILES string of the molecule is C[C@@H](OC(=O)/C=C/c1ccc2c(c1)OCO2)C(=O)N[C@@H]1CCCC[C@@H]1C. The average Bonchev–Trinajstić information content (AvgIpc) is 3.09. The summed E-state index contributed by atoms with van der Waals surface area (Å²) in [6.45, 7) is 3.95. The summed E-state index contributed by atoms with van der Waals surface area (Å²) >= 11 is 0. The van der Waals surface area contributed by atoms with Crippen molar-refractivity contribution >= 4 is 18.0 Å². The van der Waals surface area contributed by atoms with Gasteiger partial charge < -0.3 is 19.5 Å². The Morgan fingerprint density at radius 2 is 2.00 bits per heavy atom. The topological polar surface area (TPSA) is 73.9 Å². The van der Waals surface area contributed by atoms with E-state index in [2.05, 4.69) is 12.2 Å². The van der Waals surface area contributed by atoms with Gasteiger partial charge in [-0.3, -0.25) is 4.79 Å². The van der Waals surface area contributed by atoms with Gasteiger partial charge in [0, 0.05) is 12.1 Å². The van der Waals surface area contributed by atoms with Crippen molar-refractivity contribution in [3.05, 3.63) is 29.8 Å². The summed E-state index contributed by atoms with van der Waals surface area (Å²) in [5.41, 5.74) is 0.791. The minimum Gasteiger partial charge on any atom is -0.454 e. The molecule has 0 spiro atoms. The van der Waals surface area contributed by atoms with Crippen molar-refractivity contribution in [1.29, 1.82) is 0 Å². The Bertz CT molecular complexity index is 699. The first-order valence-electron chi connectivity index (χ1n) is 9.11.